The van der Waals surface area contributed by atoms with Gasteiger partial charge in [-0.25, -0.2) is 9.98 Å². The van der Waals surface area contributed by atoms with Crippen LogP contribution in [-0.2, 0) is 10.8 Å². The second-order valence-electron chi connectivity index (χ2n) is 13.0. The predicted octanol–water partition coefficient (Wildman–Crippen LogP) is 9.60. The highest BCUT2D eigenvalue weighted by Gasteiger charge is 2.30. The summed E-state index contributed by atoms with van der Waals surface area (Å²) in [5.74, 6) is 0.633. The molecule has 1 aliphatic rings. The van der Waals surface area contributed by atoms with E-state index in [1.54, 1.807) is 0 Å². The van der Waals surface area contributed by atoms with Gasteiger partial charge in [0, 0.05) is 27.5 Å². The molecule has 6 rings (SSSR count). The van der Waals surface area contributed by atoms with Crippen LogP contribution in [0, 0.1) is 0 Å². The Balaban J connectivity index is 1.54. The minimum atomic E-state index is -2.79. The van der Waals surface area contributed by atoms with Gasteiger partial charge in [-0.3, -0.25) is 8.63 Å². The summed E-state index contributed by atoms with van der Waals surface area (Å²) in [7, 11) is -2.79. The molecule has 3 nitrogen and oxygen atoms in total. The fraction of sp³-hybridized carbons (Fsp3) is 0.222. The average Bonchev–Trinajstić information content (AvgIpc) is 3.49. The summed E-state index contributed by atoms with van der Waals surface area (Å²) in [5.41, 5.74) is 7.08. The SMILES string of the molecule is CC(C)(C)c1ccc(C2=N/C(=N\c3c4ccccc4c(-c4ccc(C(C)(C)C)cc4)n3B(F)F)c3ccccc32)cc1. The van der Waals surface area contributed by atoms with Crippen molar-refractivity contribution in [2.45, 2.75) is 52.4 Å². The maximum absolute atomic E-state index is 15.0. The Morgan fingerprint density at radius 2 is 1.12 bits per heavy atom. The molecule has 0 saturated heterocycles. The lowest BCUT2D eigenvalue weighted by Crippen LogP contribution is -2.14. The first-order chi connectivity index (χ1) is 19.9. The summed E-state index contributed by atoms with van der Waals surface area (Å²) in [4.78, 5) is 9.85. The number of nitrogens with zero attached hydrogens (tertiary/aromatic N) is 3. The summed E-state index contributed by atoms with van der Waals surface area (Å²) >= 11 is 0. The van der Waals surface area contributed by atoms with Crippen LogP contribution in [0.1, 0.15) is 69.4 Å². The summed E-state index contributed by atoms with van der Waals surface area (Å²) in [6.07, 6.45) is 0. The minimum Gasteiger partial charge on any atom is -0.309 e. The van der Waals surface area contributed by atoms with E-state index in [-0.39, 0.29) is 16.6 Å². The van der Waals surface area contributed by atoms with Crippen molar-refractivity contribution < 1.29 is 8.63 Å². The quantitative estimate of drug-likeness (QED) is 0.197. The van der Waals surface area contributed by atoms with Crippen LogP contribution in [0.25, 0.3) is 22.0 Å². The lowest BCUT2D eigenvalue weighted by molar-refractivity contribution is 0.590. The molecule has 0 bridgehead atoms. The van der Waals surface area contributed by atoms with E-state index in [0.717, 1.165) is 43.4 Å². The van der Waals surface area contributed by atoms with Crippen LogP contribution in [-0.4, -0.2) is 23.4 Å². The molecule has 0 aliphatic carbocycles. The van der Waals surface area contributed by atoms with E-state index in [4.69, 9.17) is 9.98 Å². The summed E-state index contributed by atoms with van der Waals surface area (Å²) in [6, 6.07) is 31.7. The normalized spacial score (nSPS) is 14.4. The van der Waals surface area contributed by atoms with Crippen molar-refractivity contribution in [2.75, 3.05) is 0 Å². The Bertz CT molecular complexity index is 1850. The first-order valence-electron chi connectivity index (χ1n) is 14.3. The van der Waals surface area contributed by atoms with Crippen LogP contribution in [0.2, 0.25) is 0 Å². The van der Waals surface area contributed by atoms with Crippen LogP contribution >= 0.6 is 0 Å². The van der Waals surface area contributed by atoms with Crippen LogP contribution < -0.4 is 0 Å². The van der Waals surface area contributed by atoms with E-state index in [2.05, 4.69) is 65.8 Å². The van der Waals surface area contributed by atoms with Gasteiger partial charge in [-0.05, 0) is 27.5 Å². The smallest absolute Gasteiger partial charge is 0.309 e. The Hall–Kier alpha value is -4.32. The molecule has 0 atom stereocenters. The molecule has 210 valence electrons. The maximum Gasteiger partial charge on any atom is 0.679 e. The van der Waals surface area contributed by atoms with Crippen LogP contribution in [0.15, 0.2) is 107 Å². The average molecular weight is 557 g/mol. The first kappa shape index (κ1) is 27.8. The van der Waals surface area contributed by atoms with Gasteiger partial charge in [0.2, 0.25) is 0 Å². The lowest BCUT2D eigenvalue weighted by Gasteiger charge is -2.19. The van der Waals surface area contributed by atoms with Gasteiger partial charge < -0.3 is 4.48 Å². The van der Waals surface area contributed by atoms with Crippen molar-refractivity contribution in [3.8, 4) is 11.3 Å². The summed E-state index contributed by atoms with van der Waals surface area (Å²) in [5, 5.41) is 1.39. The molecule has 0 unspecified atom stereocenters. The van der Waals surface area contributed by atoms with Gasteiger partial charge >= 0.3 is 7.40 Å². The third-order valence-corrected chi connectivity index (χ3v) is 7.99. The maximum atomic E-state index is 15.0. The standard InChI is InChI=1S/C36H34BF2N3/c1-35(2,3)25-19-15-23(16-20-25)31-27-11-7-9-13-29(27)33(40-31)41-34-30-14-10-8-12-28(30)32(42(34)37(38)39)24-17-21-26(22-18-24)36(4,5)6/h7-22H,1-6H3/b41-33-. The topological polar surface area (TPSA) is 29.6 Å². The second-order valence-corrected chi connectivity index (χ2v) is 13.0. The van der Waals surface area contributed by atoms with Gasteiger partial charge in [-0.15, -0.1) is 0 Å². The highest BCUT2D eigenvalue weighted by Crippen LogP contribution is 2.41. The number of halogens is 2. The number of aromatic nitrogens is 1. The molecule has 0 saturated carbocycles. The zero-order valence-electron chi connectivity index (χ0n) is 24.9. The molecule has 2 heterocycles. The molecule has 4 aromatic carbocycles. The molecule has 42 heavy (non-hydrogen) atoms. The molecule has 0 N–H and O–H groups in total. The molecule has 0 spiro atoms. The fourth-order valence-corrected chi connectivity index (χ4v) is 5.62. The highest BCUT2D eigenvalue weighted by atomic mass is 19.2. The Morgan fingerprint density at radius 3 is 1.67 bits per heavy atom. The molecule has 0 radical (unpaired) electrons. The molecule has 0 amide bonds. The number of rotatable bonds is 4. The molecule has 6 heteroatoms. The van der Waals surface area contributed by atoms with Crippen molar-refractivity contribution >= 4 is 35.5 Å². The van der Waals surface area contributed by atoms with Crippen molar-refractivity contribution in [1.82, 2.24) is 4.48 Å². The van der Waals surface area contributed by atoms with Gasteiger partial charge in [-0.2, -0.15) is 0 Å². The van der Waals surface area contributed by atoms with Crippen molar-refractivity contribution in [3.63, 3.8) is 0 Å². The number of hydrogen-bond acceptors (Lipinski definition) is 1. The van der Waals surface area contributed by atoms with E-state index in [1.165, 1.54) is 5.56 Å². The number of aliphatic imine (C=N–C) groups is 2. The molecule has 1 aromatic heterocycles. The largest absolute Gasteiger partial charge is 0.679 e. The fourth-order valence-electron chi connectivity index (χ4n) is 5.62. The molecular weight excluding hydrogens is 523 g/mol. The molecule has 0 fully saturated rings. The van der Waals surface area contributed by atoms with Crippen molar-refractivity contribution in [2.24, 2.45) is 9.98 Å². The van der Waals surface area contributed by atoms with Gasteiger partial charge in [0.05, 0.1) is 11.4 Å². The van der Waals surface area contributed by atoms with Crippen LogP contribution in [0.4, 0.5) is 14.4 Å². The minimum absolute atomic E-state index is 0.0348. The number of benzene rings is 4. The third-order valence-electron chi connectivity index (χ3n) is 7.99. The van der Waals surface area contributed by atoms with Gasteiger partial charge in [0.1, 0.15) is 5.82 Å². The zero-order valence-corrected chi connectivity index (χ0v) is 24.9. The second kappa shape index (κ2) is 10.2. The highest BCUT2D eigenvalue weighted by molar-refractivity contribution is 6.44. The van der Waals surface area contributed by atoms with E-state index in [9.17, 15) is 8.63 Å². The molecule has 1 aliphatic heterocycles. The molecule has 5 aromatic rings. The number of fused-ring (bicyclic) bond motifs is 2. The summed E-state index contributed by atoms with van der Waals surface area (Å²) in [6.45, 7) is 13.0. The first-order valence-corrected chi connectivity index (χ1v) is 14.3. The van der Waals surface area contributed by atoms with E-state index in [0.29, 0.717) is 16.9 Å². The van der Waals surface area contributed by atoms with Crippen LogP contribution in [0.5, 0.6) is 0 Å². The number of hydrogen-bond donors (Lipinski definition) is 0. The van der Waals surface area contributed by atoms with E-state index in [1.807, 2.05) is 72.8 Å². The molecular formula is C36H34BF2N3. The lowest BCUT2D eigenvalue weighted by atomic mass is 9.86. The van der Waals surface area contributed by atoms with Crippen molar-refractivity contribution in [3.05, 3.63) is 125 Å². The third kappa shape index (κ3) is 4.89. The van der Waals surface area contributed by atoms with Gasteiger partial charge in [0.15, 0.2) is 5.84 Å². The Kier molecular flexibility index (Phi) is 6.76. The number of amidine groups is 1. The van der Waals surface area contributed by atoms with Crippen molar-refractivity contribution in [1.29, 1.82) is 0 Å². The van der Waals surface area contributed by atoms with E-state index >= 15 is 0 Å². The van der Waals surface area contributed by atoms with Gasteiger partial charge in [0.25, 0.3) is 0 Å². The Labute approximate surface area is 246 Å². The van der Waals surface area contributed by atoms with E-state index < -0.39 is 7.40 Å². The van der Waals surface area contributed by atoms with Gasteiger partial charge in [-0.1, -0.05) is 139 Å². The Morgan fingerprint density at radius 1 is 0.619 bits per heavy atom. The zero-order chi connectivity index (χ0) is 29.8. The predicted molar refractivity (Wildman–Crippen MR) is 173 cm³/mol. The van der Waals surface area contributed by atoms with Crippen LogP contribution in [0.3, 0.4) is 0 Å². The summed E-state index contributed by atoms with van der Waals surface area (Å²) < 4.78 is 31.0. The monoisotopic (exact) mass is 557 g/mol.